The lowest BCUT2D eigenvalue weighted by Gasteiger charge is -2.00. The summed E-state index contributed by atoms with van der Waals surface area (Å²) in [5.74, 6) is -0.444. The fourth-order valence-corrected chi connectivity index (χ4v) is 1.97. The van der Waals surface area contributed by atoms with Crippen molar-refractivity contribution in [2.24, 2.45) is 0 Å². The molecule has 2 N–H and O–H groups in total. The minimum atomic E-state index is -1.04. The summed E-state index contributed by atoms with van der Waals surface area (Å²) in [4.78, 5) is 14.7. The Bertz CT molecular complexity index is 479. The summed E-state index contributed by atoms with van der Waals surface area (Å²) in [6.07, 6.45) is 0.857. The second kappa shape index (κ2) is 5.60. The normalized spacial score (nSPS) is 10.6. The van der Waals surface area contributed by atoms with Crippen LogP contribution in [0.2, 0.25) is 0 Å². The summed E-state index contributed by atoms with van der Waals surface area (Å²) in [5.41, 5.74) is 2.87. The maximum atomic E-state index is 10.6. The van der Waals surface area contributed by atoms with Crippen molar-refractivity contribution >= 4 is 17.3 Å². The van der Waals surface area contributed by atoms with Gasteiger partial charge in [0.1, 0.15) is 5.76 Å². The molecule has 17 heavy (non-hydrogen) atoms. The van der Waals surface area contributed by atoms with Gasteiger partial charge in [0.2, 0.25) is 5.76 Å². The first-order valence-electron chi connectivity index (χ1n) is 5.15. The number of carboxylic acids is 1. The van der Waals surface area contributed by atoms with Crippen LogP contribution in [0.25, 0.3) is 0 Å². The summed E-state index contributed by atoms with van der Waals surface area (Å²) in [5, 5.41) is 13.9. The van der Waals surface area contributed by atoms with Gasteiger partial charge in [0.25, 0.3) is 0 Å². The number of carbonyl (C=O) groups is 1. The van der Waals surface area contributed by atoms with E-state index in [4.69, 9.17) is 9.52 Å². The van der Waals surface area contributed by atoms with E-state index in [0.29, 0.717) is 12.3 Å². The Balaban J connectivity index is 1.72. The summed E-state index contributed by atoms with van der Waals surface area (Å²) < 4.78 is 5.11. The maximum absolute atomic E-state index is 10.6. The molecular weight excluding hydrogens is 240 g/mol. The number of rotatable bonds is 6. The van der Waals surface area contributed by atoms with E-state index >= 15 is 0 Å². The van der Waals surface area contributed by atoms with Gasteiger partial charge in [-0.25, -0.2) is 9.78 Å². The SMILES string of the molecule is O=C(O)c1ccc(CNCCc2cscn2)o1. The molecule has 90 valence electrons. The highest BCUT2D eigenvalue weighted by Crippen LogP contribution is 2.07. The van der Waals surface area contributed by atoms with Crippen molar-refractivity contribution in [1.29, 1.82) is 0 Å². The Morgan fingerprint density at radius 2 is 2.41 bits per heavy atom. The molecule has 2 rings (SSSR count). The average Bonchev–Trinajstić information content (AvgIpc) is 2.96. The van der Waals surface area contributed by atoms with Crippen LogP contribution in [-0.2, 0) is 13.0 Å². The van der Waals surface area contributed by atoms with Crippen molar-refractivity contribution in [1.82, 2.24) is 10.3 Å². The number of carboxylic acid groups (broad SMARTS) is 1. The van der Waals surface area contributed by atoms with Crippen molar-refractivity contribution in [2.45, 2.75) is 13.0 Å². The van der Waals surface area contributed by atoms with E-state index in [2.05, 4.69) is 10.3 Å². The zero-order chi connectivity index (χ0) is 12.1. The minimum Gasteiger partial charge on any atom is -0.475 e. The summed E-state index contributed by atoms with van der Waals surface area (Å²) >= 11 is 1.58. The minimum absolute atomic E-state index is 0.0266. The van der Waals surface area contributed by atoms with E-state index in [9.17, 15) is 4.79 Å². The average molecular weight is 252 g/mol. The third kappa shape index (κ3) is 3.40. The molecule has 0 spiro atoms. The third-order valence-corrected chi connectivity index (χ3v) is 2.85. The molecule has 0 aliphatic heterocycles. The summed E-state index contributed by atoms with van der Waals surface area (Å²) in [6.45, 7) is 1.31. The van der Waals surface area contributed by atoms with E-state index in [1.165, 1.54) is 6.07 Å². The molecule has 0 bridgehead atoms. The van der Waals surface area contributed by atoms with E-state index in [1.54, 1.807) is 22.9 Å². The molecule has 6 heteroatoms. The number of aromatic carboxylic acids is 1. The van der Waals surface area contributed by atoms with Crippen molar-refractivity contribution in [3.8, 4) is 0 Å². The van der Waals surface area contributed by atoms with Gasteiger partial charge in [-0.3, -0.25) is 0 Å². The summed E-state index contributed by atoms with van der Waals surface area (Å²) in [6, 6.07) is 3.12. The Hall–Kier alpha value is -1.66. The molecule has 0 aromatic carbocycles. The molecule has 0 aliphatic carbocycles. The first-order valence-corrected chi connectivity index (χ1v) is 6.10. The zero-order valence-corrected chi connectivity index (χ0v) is 9.87. The van der Waals surface area contributed by atoms with Crippen molar-refractivity contribution in [2.75, 3.05) is 6.54 Å². The highest BCUT2D eigenvalue weighted by atomic mass is 32.1. The van der Waals surface area contributed by atoms with Crippen LogP contribution in [0.1, 0.15) is 22.0 Å². The molecule has 0 radical (unpaired) electrons. The van der Waals surface area contributed by atoms with Crippen LogP contribution in [0, 0.1) is 0 Å². The first-order chi connectivity index (χ1) is 8.25. The second-order valence-electron chi connectivity index (χ2n) is 3.48. The number of nitrogens with one attached hydrogen (secondary N) is 1. The molecule has 2 aromatic rings. The van der Waals surface area contributed by atoms with Gasteiger partial charge in [-0.1, -0.05) is 0 Å². The number of hydrogen-bond donors (Lipinski definition) is 2. The highest BCUT2D eigenvalue weighted by Gasteiger charge is 2.08. The van der Waals surface area contributed by atoms with Gasteiger partial charge in [0.15, 0.2) is 0 Å². The van der Waals surface area contributed by atoms with Crippen LogP contribution in [0.5, 0.6) is 0 Å². The number of thiazole rings is 1. The highest BCUT2D eigenvalue weighted by molar-refractivity contribution is 7.07. The summed E-state index contributed by atoms with van der Waals surface area (Å²) in [7, 11) is 0. The smallest absolute Gasteiger partial charge is 0.371 e. The second-order valence-corrected chi connectivity index (χ2v) is 4.20. The van der Waals surface area contributed by atoms with Crippen molar-refractivity contribution in [3.05, 3.63) is 40.2 Å². The molecule has 0 saturated carbocycles. The van der Waals surface area contributed by atoms with Crippen molar-refractivity contribution < 1.29 is 14.3 Å². The third-order valence-electron chi connectivity index (χ3n) is 2.21. The van der Waals surface area contributed by atoms with Gasteiger partial charge in [-0.2, -0.15) is 0 Å². The molecule has 5 nitrogen and oxygen atoms in total. The number of furan rings is 1. The van der Waals surface area contributed by atoms with Crippen LogP contribution in [0.3, 0.4) is 0 Å². The van der Waals surface area contributed by atoms with Crippen molar-refractivity contribution in [3.63, 3.8) is 0 Å². The van der Waals surface area contributed by atoms with E-state index < -0.39 is 5.97 Å². The van der Waals surface area contributed by atoms with Gasteiger partial charge < -0.3 is 14.8 Å². The Morgan fingerprint density at radius 1 is 1.53 bits per heavy atom. The molecule has 0 unspecified atom stereocenters. The van der Waals surface area contributed by atoms with E-state index in [-0.39, 0.29) is 5.76 Å². The van der Waals surface area contributed by atoms with Gasteiger partial charge >= 0.3 is 5.97 Å². The first kappa shape index (κ1) is 11.8. The van der Waals surface area contributed by atoms with Crippen LogP contribution in [0.15, 0.2) is 27.4 Å². The molecule has 2 heterocycles. The topological polar surface area (TPSA) is 75.4 Å². The Labute approximate surface area is 102 Å². The molecule has 0 saturated heterocycles. The lowest BCUT2D eigenvalue weighted by Crippen LogP contribution is -2.16. The molecule has 0 fully saturated rings. The zero-order valence-electron chi connectivity index (χ0n) is 9.05. The molecule has 2 aromatic heterocycles. The number of hydrogen-bond acceptors (Lipinski definition) is 5. The van der Waals surface area contributed by atoms with Gasteiger partial charge in [-0.05, 0) is 12.1 Å². The fourth-order valence-electron chi connectivity index (χ4n) is 1.38. The molecule has 0 atom stereocenters. The maximum Gasteiger partial charge on any atom is 0.371 e. The molecule has 0 amide bonds. The lowest BCUT2D eigenvalue weighted by atomic mass is 10.3. The fraction of sp³-hybridized carbons (Fsp3) is 0.273. The van der Waals surface area contributed by atoms with Gasteiger partial charge in [0, 0.05) is 18.3 Å². The van der Waals surface area contributed by atoms with Gasteiger partial charge in [-0.15, -0.1) is 11.3 Å². The lowest BCUT2D eigenvalue weighted by molar-refractivity contribution is 0.0660. The van der Waals surface area contributed by atoms with Crippen LogP contribution in [0.4, 0.5) is 0 Å². The number of nitrogens with zero attached hydrogens (tertiary/aromatic N) is 1. The molecule has 0 aliphatic rings. The van der Waals surface area contributed by atoms with Gasteiger partial charge in [0.05, 0.1) is 17.7 Å². The van der Waals surface area contributed by atoms with Crippen LogP contribution in [-0.4, -0.2) is 22.6 Å². The predicted octanol–water partition coefficient (Wildman–Crippen LogP) is 1.77. The van der Waals surface area contributed by atoms with E-state index in [0.717, 1.165) is 18.7 Å². The standard InChI is InChI=1S/C11H12N2O3S/c14-11(15)10-2-1-9(16-10)5-12-4-3-8-6-17-7-13-8/h1-2,6-7,12H,3-5H2,(H,14,15). The monoisotopic (exact) mass is 252 g/mol. The largest absolute Gasteiger partial charge is 0.475 e. The van der Waals surface area contributed by atoms with E-state index in [1.807, 2.05) is 5.38 Å². The molecular formula is C11H12N2O3S. The predicted molar refractivity (Wildman–Crippen MR) is 63.2 cm³/mol. The van der Waals surface area contributed by atoms with Crippen LogP contribution >= 0.6 is 11.3 Å². The Kier molecular flexibility index (Phi) is 3.89. The number of aromatic nitrogens is 1. The Morgan fingerprint density at radius 3 is 3.06 bits per heavy atom. The quantitative estimate of drug-likeness (QED) is 0.766. The van der Waals surface area contributed by atoms with Crippen LogP contribution < -0.4 is 5.32 Å².